The van der Waals surface area contributed by atoms with Crippen LogP contribution in [0, 0.1) is 0 Å². The van der Waals surface area contributed by atoms with Crippen LogP contribution in [0.1, 0.15) is 16.1 Å². The highest BCUT2D eigenvalue weighted by Crippen LogP contribution is 2.29. The van der Waals surface area contributed by atoms with Gasteiger partial charge in [-0.05, 0) is 36.2 Å². The van der Waals surface area contributed by atoms with Crippen molar-refractivity contribution < 1.29 is 9.53 Å². The zero-order valence-corrected chi connectivity index (χ0v) is 15.5. The number of ether oxygens (including phenoxy) is 1. The lowest BCUT2D eigenvalue weighted by atomic mass is 10.1. The monoisotopic (exact) mass is 382 g/mol. The first-order valence-electron chi connectivity index (χ1n) is 8.41. The van der Waals surface area contributed by atoms with Gasteiger partial charge in [-0.1, -0.05) is 41.9 Å². The van der Waals surface area contributed by atoms with Crippen LogP contribution in [0.4, 0.5) is 11.6 Å². The van der Waals surface area contributed by atoms with Crippen molar-refractivity contribution >= 4 is 29.1 Å². The van der Waals surface area contributed by atoms with Gasteiger partial charge < -0.3 is 15.4 Å². The predicted octanol–water partition coefficient (Wildman–Crippen LogP) is 3.85. The lowest BCUT2D eigenvalue weighted by molar-refractivity contribution is 0.0949. The van der Waals surface area contributed by atoms with Gasteiger partial charge in [0.15, 0.2) is 0 Å². The average molecular weight is 383 g/mol. The molecule has 0 aliphatic heterocycles. The molecule has 1 amide bonds. The minimum Gasteiger partial charge on any atom is -0.495 e. The number of aromatic nitrogens is 2. The Labute approximate surface area is 162 Å². The highest BCUT2D eigenvalue weighted by molar-refractivity contribution is 6.31. The van der Waals surface area contributed by atoms with E-state index in [2.05, 4.69) is 20.6 Å². The van der Waals surface area contributed by atoms with Gasteiger partial charge in [0, 0.05) is 17.8 Å². The molecule has 0 aliphatic carbocycles. The van der Waals surface area contributed by atoms with Crippen LogP contribution in [0.3, 0.4) is 0 Å². The molecular formula is C20H19ClN4O2. The van der Waals surface area contributed by atoms with Crippen molar-refractivity contribution in [3.63, 3.8) is 0 Å². The van der Waals surface area contributed by atoms with Crippen LogP contribution in [0.5, 0.6) is 5.75 Å². The summed E-state index contributed by atoms with van der Waals surface area (Å²) in [5.41, 5.74) is 2.06. The molecule has 2 N–H and O–H groups in total. The minimum atomic E-state index is -0.255. The molecule has 0 bridgehead atoms. The second-order valence-electron chi connectivity index (χ2n) is 5.73. The summed E-state index contributed by atoms with van der Waals surface area (Å²) in [5, 5.41) is 6.45. The van der Waals surface area contributed by atoms with Crippen molar-refractivity contribution in [2.45, 2.75) is 6.42 Å². The molecule has 6 nitrogen and oxygen atoms in total. The number of halogens is 1. The van der Waals surface area contributed by atoms with Crippen molar-refractivity contribution in [1.29, 1.82) is 0 Å². The lowest BCUT2D eigenvalue weighted by Crippen LogP contribution is -2.26. The summed E-state index contributed by atoms with van der Waals surface area (Å²) in [5.74, 6) is 0.626. The molecule has 3 aromatic rings. The van der Waals surface area contributed by atoms with Crippen LogP contribution < -0.4 is 15.4 Å². The summed E-state index contributed by atoms with van der Waals surface area (Å²) < 4.78 is 5.29. The Kier molecular flexibility index (Phi) is 6.22. The maximum absolute atomic E-state index is 12.3. The Bertz CT molecular complexity index is 919. The molecule has 0 fully saturated rings. The fraction of sp³-hybridized carbons (Fsp3) is 0.150. The Balaban J connectivity index is 1.64. The molecule has 138 valence electrons. The molecule has 0 unspecified atom stereocenters. The summed E-state index contributed by atoms with van der Waals surface area (Å²) in [7, 11) is 1.56. The molecule has 0 radical (unpaired) electrons. The van der Waals surface area contributed by atoms with Crippen molar-refractivity contribution in [2.24, 2.45) is 0 Å². The average Bonchev–Trinajstić information content (AvgIpc) is 2.69. The molecule has 1 aromatic heterocycles. The smallest absolute Gasteiger partial charge is 0.270 e. The molecule has 0 saturated heterocycles. The maximum Gasteiger partial charge on any atom is 0.270 e. The van der Waals surface area contributed by atoms with Crippen molar-refractivity contribution in [3.05, 3.63) is 77.1 Å². The summed E-state index contributed by atoms with van der Waals surface area (Å²) in [6, 6.07) is 16.7. The molecular weight excluding hydrogens is 364 g/mol. The van der Waals surface area contributed by atoms with E-state index >= 15 is 0 Å². The molecule has 3 rings (SSSR count). The largest absolute Gasteiger partial charge is 0.495 e. The normalized spacial score (nSPS) is 10.3. The number of hydrogen-bond acceptors (Lipinski definition) is 5. The number of anilines is 2. The van der Waals surface area contributed by atoms with Gasteiger partial charge >= 0.3 is 0 Å². The van der Waals surface area contributed by atoms with Crippen molar-refractivity contribution in [1.82, 2.24) is 15.3 Å². The number of carbonyl (C=O) groups excluding carboxylic acids is 1. The van der Waals surface area contributed by atoms with Gasteiger partial charge in [0.1, 0.15) is 11.4 Å². The number of rotatable bonds is 7. The molecule has 0 saturated carbocycles. The van der Waals surface area contributed by atoms with E-state index in [-0.39, 0.29) is 17.5 Å². The van der Waals surface area contributed by atoms with Crippen molar-refractivity contribution in [3.8, 4) is 5.75 Å². The van der Waals surface area contributed by atoms with Gasteiger partial charge in [0.2, 0.25) is 5.95 Å². The highest BCUT2D eigenvalue weighted by Gasteiger charge is 2.10. The number of hydrogen-bond donors (Lipinski definition) is 2. The number of carbonyl (C=O) groups is 1. The fourth-order valence-electron chi connectivity index (χ4n) is 2.50. The third kappa shape index (κ3) is 5.18. The molecule has 0 spiro atoms. The van der Waals surface area contributed by atoms with Crippen LogP contribution in [0.2, 0.25) is 5.02 Å². The quantitative estimate of drug-likeness (QED) is 0.649. The van der Waals surface area contributed by atoms with Crippen LogP contribution in [0.25, 0.3) is 0 Å². The van der Waals surface area contributed by atoms with Gasteiger partial charge in [-0.2, -0.15) is 0 Å². The van der Waals surface area contributed by atoms with Crippen LogP contribution in [0.15, 0.2) is 60.8 Å². The highest BCUT2D eigenvalue weighted by atomic mass is 35.5. The third-order valence-corrected chi connectivity index (χ3v) is 4.07. The maximum atomic E-state index is 12.3. The molecule has 0 aliphatic rings. The summed E-state index contributed by atoms with van der Waals surface area (Å²) in [4.78, 5) is 20.8. The first-order chi connectivity index (χ1) is 13.2. The molecule has 7 heteroatoms. The van der Waals surface area contributed by atoms with E-state index in [0.717, 1.165) is 12.0 Å². The topological polar surface area (TPSA) is 76.1 Å². The van der Waals surface area contributed by atoms with E-state index in [9.17, 15) is 4.79 Å². The second kappa shape index (κ2) is 9.00. The Morgan fingerprint density at radius 2 is 1.96 bits per heavy atom. The van der Waals surface area contributed by atoms with Crippen LogP contribution in [-0.2, 0) is 6.42 Å². The molecule has 1 heterocycles. The molecule has 0 atom stereocenters. The number of benzene rings is 2. The fourth-order valence-corrected chi connectivity index (χ4v) is 2.67. The Morgan fingerprint density at radius 3 is 2.74 bits per heavy atom. The lowest BCUT2D eigenvalue weighted by Gasteiger charge is -2.11. The molecule has 27 heavy (non-hydrogen) atoms. The zero-order valence-electron chi connectivity index (χ0n) is 14.8. The van der Waals surface area contributed by atoms with E-state index in [0.29, 0.717) is 23.0 Å². The van der Waals surface area contributed by atoms with E-state index in [1.165, 1.54) is 6.20 Å². The summed E-state index contributed by atoms with van der Waals surface area (Å²) in [6.45, 7) is 0.526. The van der Waals surface area contributed by atoms with Gasteiger partial charge in [-0.25, -0.2) is 9.97 Å². The third-order valence-electron chi connectivity index (χ3n) is 3.84. The number of amides is 1. The van der Waals surface area contributed by atoms with E-state index < -0.39 is 0 Å². The summed E-state index contributed by atoms with van der Waals surface area (Å²) >= 11 is 6.03. The summed E-state index contributed by atoms with van der Waals surface area (Å²) in [6.07, 6.45) is 2.28. The van der Waals surface area contributed by atoms with Crippen LogP contribution >= 0.6 is 11.6 Å². The van der Waals surface area contributed by atoms with Gasteiger partial charge in [0.25, 0.3) is 5.91 Å². The predicted molar refractivity (Wildman–Crippen MR) is 106 cm³/mol. The van der Waals surface area contributed by atoms with Gasteiger partial charge in [-0.3, -0.25) is 4.79 Å². The van der Waals surface area contributed by atoms with E-state index in [4.69, 9.17) is 16.3 Å². The number of methoxy groups -OCH3 is 1. The van der Waals surface area contributed by atoms with E-state index in [1.807, 2.05) is 30.3 Å². The van der Waals surface area contributed by atoms with Crippen LogP contribution in [-0.4, -0.2) is 29.5 Å². The number of nitrogens with zero attached hydrogens (tertiary/aromatic N) is 2. The van der Waals surface area contributed by atoms with Crippen molar-refractivity contribution in [2.75, 3.05) is 19.0 Å². The van der Waals surface area contributed by atoms with Gasteiger partial charge in [0.05, 0.1) is 12.8 Å². The number of nitrogens with one attached hydrogen (secondary N) is 2. The first-order valence-corrected chi connectivity index (χ1v) is 8.79. The minimum absolute atomic E-state index is 0.255. The first kappa shape index (κ1) is 18.7. The van der Waals surface area contributed by atoms with E-state index in [1.54, 1.807) is 31.4 Å². The zero-order chi connectivity index (χ0) is 19.1. The Hall–Kier alpha value is -3.12. The SMILES string of the molecule is COc1ccc(Cl)cc1Nc1nccc(C(=O)NCCc2ccccc2)n1. The molecule has 2 aromatic carbocycles. The second-order valence-corrected chi connectivity index (χ2v) is 6.16. The standard InChI is InChI=1S/C20H19ClN4O2/c1-27-18-8-7-15(21)13-17(18)25-20-23-12-10-16(24-20)19(26)22-11-9-14-5-3-2-4-6-14/h2-8,10,12-13H,9,11H2,1H3,(H,22,26)(H,23,24,25). The Morgan fingerprint density at radius 1 is 1.15 bits per heavy atom. The van der Waals surface area contributed by atoms with Gasteiger partial charge in [-0.15, -0.1) is 0 Å².